The molecule has 1 aliphatic heterocycles. The van der Waals surface area contributed by atoms with Crippen molar-refractivity contribution < 1.29 is 19.4 Å². The number of carboxylic acids is 1. The molecule has 1 heterocycles. The van der Waals surface area contributed by atoms with E-state index in [2.05, 4.69) is 12.2 Å². The highest BCUT2D eigenvalue weighted by molar-refractivity contribution is 5.95. The molecule has 1 fully saturated rings. The minimum absolute atomic E-state index is 0.0645. The third-order valence-corrected chi connectivity index (χ3v) is 5.55. The van der Waals surface area contributed by atoms with Crippen LogP contribution in [0, 0.1) is 19.3 Å². The summed E-state index contributed by atoms with van der Waals surface area (Å²) in [6.45, 7) is 4.96. The smallest absolute Gasteiger partial charge is 0.341 e. The average molecular weight is 357 g/mol. The minimum Gasteiger partial charge on any atom is -0.481 e. The maximum atomic E-state index is 13.1. The maximum absolute atomic E-state index is 13.1. The van der Waals surface area contributed by atoms with E-state index in [0.29, 0.717) is 11.3 Å². The molecule has 1 aliphatic carbocycles. The van der Waals surface area contributed by atoms with Crippen molar-refractivity contribution in [1.29, 1.82) is 0 Å². The van der Waals surface area contributed by atoms with E-state index in [0.717, 1.165) is 49.9 Å². The summed E-state index contributed by atoms with van der Waals surface area (Å²) in [7, 11) is 0. The lowest BCUT2D eigenvalue weighted by Gasteiger charge is -2.44. The molecule has 1 saturated heterocycles. The highest BCUT2D eigenvalue weighted by Crippen LogP contribution is 2.41. The van der Waals surface area contributed by atoms with E-state index in [9.17, 15) is 9.59 Å². The number of hydrogen-bond acceptors (Lipinski definition) is 3. The van der Waals surface area contributed by atoms with Crippen LogP contribution >= 0.6 is 0 Å². The highest BCUT2D eigenvalue weighted by atomic mass is 16.5. The van der Waals surface area contributed by atoms with Crippen LogP contribution in [0.15, 0.2) is 24.3 Å². The van der Waals surface area contributed by atoms with Gasteiger partial charge in [-0.25, -0.2) is 4.79 Å². The summed E-state index contributed by atoms with van der Waals surface area (Å²) < 4.78 is 5.37. The van der Waals surface area contributed by atoms with Crippen molar-refractivity contribution in [1.82, 2.24) is 4.90 Å². The lowest BCUT2D eigenvalue weighted by Crippen LogP contribution is -2.46. The van der Waals surface area contributed by atoms with Gasteiger partial charge in [-0.05, 0) is 74.6 Å². The molecule has 0 bridgehead atoms. The Morgan fingerprint density at radius 1 is 1.19 bits per heavy atom. The lowest BCUT2D eigenvalue weighted by molar-refractivity contribution is -0.139. The van der Waals surface area contributed by atoms with E-state index in [1.165, 1.54) is 6.42 Å². The molecule has 5 heteroatoms. The van der Waals surface area contributed by atoms with Crippen LogP contribution in [0.1, 0.15) is 53.6 Å². The third-order valence-electron chi connectivity index (χ3n) is 5.55. The van der Waals surface area contributed by atoms with Crippen molar-refractivity contribution in [3.8, 4) is 5.75 Å². The van der Waals surface area contributed by atoms with Gasteiger partial charge >= 0.3 is 5.97 Å². The van der Waals surface area contributed by atoms with Crippen molar-refractivity contribution in [2.24, 2.45) is 5.41 Å². The quantitative estimate of drug-likeness (QED) is 0.834. The molecule has 1 amide bonds. The van der Waals surface area contributed by atoms with E-state index in [1.54, 1.807) is 0 Å². The molecule has 1 unspecified atom stereocenters. The van der Waals surface area contributed by atoms with Crippen molar-refractivity contribution in [3.05, 3.63) is 41.0 Å². The van der Waals surface area contributed by atoms with Crippen molar-refractivity contribution in [3.63, 3.8) is 0 Å². The molecule has 26 heavy (non-hydrogen) atoms. The summed E-state index contributed by atoms with van der Waals surface area (Å²) in [5, 5.41) is 8.80. The Morgan fingerprint density at radius 2 is 1.92 bits per heavy atom. The number of allylic oxidation sites excluding steroid dienone is 2. The fraction of sp³-hybridized carbons (Fsp3) is 0.524. The Kier molecular flexibility index (Phi) is 5.35. The van der Waals surface area contributed by atoms with Gasteiger partial charge in [-0.15, -0.1) is 0 Å². The van der Waals surface area contributed by atoms with E-state index in [4.69, 9.17) is 9.84 Å². The molecule has 1 aromatic rings. The second-order valence-corrected chi connectivity index (χ2v) is 7.67. The molecule has 3 rings (SSSR count). The molecule has 5 nitrogen and oxygen atoms in total. The van der Waals surface area contributed by atoms with E-state index >= 15 is 0 Å². The Morgan fingerprint density at radius 3 is 2.54 bits per heavy atom. The number of likely N-dealkylation sites (tertiary alicyclic amines) is 1. The SMILES string of the molecule is Cc1cc(C(=O)N2CCCC3(CC=CCC3)C2)cc(C)c1OCC(=O)O. The van der Waals surface area contributed by atoms with Crippen LogP contribution in [0.5, 0.6) is 5.75 Å². The first-order valence-corrected chi connectivity index (χ1v) is 9.30. The molecule has 1 aromatic carbocycles. The fourth-order valence-electron chi connectivity index (χ4n) is 4.31. The van der Waals surface area contributed by atoms with Crippen LogP contribution in [0.2, 0.25) is 0 Å². The summed E-state index contributed by atoms with van der Waals surface area (Å²) in [5.41, 5.74) is 2.49. The van der Waals surface area contributed by atoms with Crippen LogP contribution in [0.25, 0.3) is 0 Å². The summed E-state index contributed by atoms with van der Waals surface area (Å²) in [6.07, 6.45) is 10.1. The Bertz CT molecular complexity index is 717. The monoisotopic (exact) mass is 357 g/mol. The second kappa shape index (κ2) is 7.52. The summed E-state index contributed by atoms with van der Waals surface area (Å²) >= 11 is 0. The van der Waals surface area contributed by atoms with Gasteiger partial charge in [-0.1, -0.05) is 12.2 Å². The van der Waals surface area contributed by atoms with Gasteiger partial charge < -0.3 is 14.7 Å². The number of carboxylic acid groups (broad SMARTS) is 1. The first-order chi connectivity index (χ1) is 12.4. The topological polar surface area (TPSA) is 66.8 Å². The van der Waals surface area contributed by atoms with Gasteiger partial charge in [-0.3, -0.25) is 4.79 Å². The van der Waals surface area contributed by atoms with Crippen molar-refractivity contribution in [2.45, 2.75) is 46.0 Å². The van der Waals surface area contributed by atoms with Gasteiger partial charge in [0.15, 0.2) is 6.61 Å². The Labute approximate surface area is 154 Å². The summed E-state index contributed by atoms with van der Waals surface area (Å²) in [5.74, 6) is -0.393. The molecule has 1 N–H and O–H groups in total. The number of nitrogens with zero attached hydrogens (tertiary/aromatic N) is 1. The fourth-order valence-corrected chi connectivity index (χ4v) is 4.31. The Balaban J connectivity index is 1.77. The number of benzene rings is 1. The van der Waals surface area contributed by atoms with Crippen LogP contribution in [0.3, 0.4) is 0 Å². The Hall–Kier alpha value is -2.30. The van der Waals surface area contributed by atoms with Gasteiger partial charge in [-0.2, -0.15) is 0 Å². The number of carbonyl (C=O) groups is 2. The number of aliphatic carboxylic acids is 1. The number of hydrogen-bond donors (Lipinski definition) is 1. The first-order valence-electron chi connectivity index (χ1n) is 9.30. The van der Waals surface area contributed by atoms with E-state index < -0.39 is 5.97 Å². The van der Waals surface area contributed by atoms with E-state index in [1.807, 2.05) is 30.9 Å². The summed E-state index contributed by atoms with van der Waals surface area (Å²) in [6, 6.07) is 3.63. The number of aryl methyl sites for hydroxylation is 2. The standard InChI is InChI=1S/C21H27NO4/c1-15-11-17(12-16(2)19(15)26-13-18(23)24)20(25)22-10-6-9-21(14-22)7-4-3-5-8-21/h3-4,11-12H,5-10,13-14H2,1-2H3,(H,23,24). The maximum Gasteiger partial charge on any atom is 0.341 e. The van der Waals surface area contributed by atoms with Gasteiger partial charge in [0.1, 0.15) is 5.75 Å². The largest absolute Gasteiger partial charge is 0.481 e. The van der Waals surface area contributed by atoms with Gasteiger partial charge in [0.2, 0.25) is 0 Å². The average Bonchev–Trinajstić information content (AvgIpc) is 2.60. The molecular formula is C21H27NO4. The van der Waals surface area contributed by atoms with Crippen LogP contribution in [-0.2, 0) is 4.79 Å². The molecule has 2 aliphatic rings. The minimum atomic E-state index is -1.01. The van der Waals surface area contributed by atoms with Crippen LogP contribution in [0.4, 0.5) is 0 Å². The number of ether oxygens (including phenoxy) is 1. The lowest BCUT2D eigenvalue weighted by atomic mass is 9.71. The van der Waals surface area contributed by atoms with Crippen molar-refractivity contribution in [2.75, 3.05) is 19.7 Å². The van der Waals surface area contributed by atoms with Crippen LogP contribution in [-0.4, -0.2) is 41.6 Å². The predicted octanol–water partition coefficient (Wildman–Crippen LogP) is 3.73. The normalized spacial score (nSPS) is 22.5. The highest BCUT2D eigenvalue weighted by Gasteiger charge is 2.37. The van der Waals surface area contributed by atoms with Crippen LogP contribution < -0.4 is 4.74 Å². The summed E-state index contributed by atoms with van der Waals surface area (Å²) in [4.78, 5) is 25.8. The number of rotatable bonds is 4. The number of piperidine rings is 1. The first kappa shape index (κ1) is 18.5. The predicted molar refractivity (Wildman–Crippen MR) is 99.6 cm³/mol. The zero-order valence-corrected chi connectivity index (χ0v) is 15.6. The molecule has 140 valence electrons. The van der Waals surface area contributed by atoms with Crippen molar-refractivity contribution >= 4 is 11.9 Å². The molecule has 0 saturated carbocycles. The van der Waals surface area contributed by atoms with E-state index in [-0.39, 0.29) is 17.9 Å². The zero-order valence-electron chi connectivity index (χ0n) is 15.6. The molecular weight excluding hydrogens is 330 g/mol. The second-order valence-electron chi connectivity index (χ2n) is 7.67. The van der Waals surface area contributed by atoms with Gasteiger partial charge in [0.05, 0.1) is 0 Å². The number of carbonyl (C=O) groups excluding carboxylic acids is 1. The molecule has 1 atom stereocenters. The van der Waals surface area contributed by atoms with Gasteiger partial charge in [0, 0.05) is 18.7 Å². The third kappa shape index (κ3) is 3.92. The molecule has 0 aromatic heterocycles. The zero-order chi connectivity index (χ0) is 18.7. The number of amides is 1. The molecule has 0 radical (unpaired) electrons. The van der Waals surface area contributed by atoms with Gasteiger partial charge in [0.25, 0.3) is 5.91 Å². The molecule has 1 spiro atoms.